The second kappa shape index (κ2) is 12.1. The molecule has 1 aromatic carbocycles. The monoisotopic (exact) mass is 553 g/mol. The van der Waals surface area contributed by atoms with E-state index in [0.717, 1.165) is 56.5 Å². The van der Waals surface area contributed by atoms with Crippen molar-refractivity contribution in [1.29, 1.82) is 0 Å². The lowest BCUT2D eigenvalue weighted by atomic mass is 10.2. The lowest BCUT2D eigenvalue weighted by Crippen LogP contribution is -2.52. The number of rotatable bonds is 7. The summed E-state index contributed by atoms with van der Waals surface area (Å²) in [6, 6.07) is 8.47. The molecule has 1 aromatic heterocycles. The maximum atomic E-state index is 12.3. The van der Waals surface area contributed by atoms with Gasteiger partial charge in [0.2, 0.25) is 0 Å². The van der Waals surface area contributed by atoms with E-state index >= 15 is 0 Å². The Hall–Kier alpha value is -2.02. The minimum absolute atomic E-state index is 0. The fraction of sp³-hybridized carbons (Fsp3) is 0.500. The van der Waals surface area contributed by atoms with Gasteiger partial charge in [-0.3, -0.25) is 4.90 Å². The van der Waals surface area contributed by atoms with Gasteiger partial charge in [-0.2, -0.15) is 13.2 Å². The molecule has 172 valence electrons. The fourth-order valence-corrected chi connectivity index (χ4v) is 3.16. The normalized spacial score (nSPS) is 15.5. The number of nitrogens with zero attached hydrogens (tertiary/aromatic N) is 4. The average Bonchev–Trinajstić information content (AvgIpc) is 3.23. The van der Waals surface area contributed by atoms with Crippen LogP contribution in [0.15, 0.2) is 46.1 Å². The molecule has 2 aromatic rings. The second-order valence-electron chi connectivity index (χ2n) is 6.98. The molecule has 0 aliphatic carbocycles. The zero-order chi connectivity index (χ0) is 21.4. The minimum Gasteiger partial charge on any atom is -0.484 e. The molecule has 3 rings (SSSR count). The van der Waals surface area contributed by atoms with Crippen LogP contribution in [0.4, 0.5) is 13.2 Å². The number of hydrogen-bond acceptors (Lipinski definition) is 5. The van der Waals surface area contributed by atoms with E-state index < -0.39 is 12.8 Å². The lowest BCUT2D eigenvalue weighted by molar-refractivity contribution is -0.153. The van der Waals surface area contributed by atoms with E-state index in [2.05, 4.69) is 25.3 Å². The van der Waals surface area contributed by atoms with Gasteiger partial charge in [0.05, 0.1) is 12.2 Å². The van der Waals surface area contributed by atoms with Crippen LogP contribution in [0.2, 0.25) is 0 Å². The zero-order valence-corrected chi connectivity index (χ0v) is 19.6. The molecule has 1 aliphatic heterocycles. The number of halogens is 4. The number of benzene rings is 1. The first kappa shape index (κ1) is 25.2. The van der Waals surface area contributed by atoms with E-state index in [1.54, 1.807) is 18.4 Å². The van der Waals surface area contributed by atoms with Crippen LogP contribution in [-0.2, 0) is 13.1 Å². The van der Waals surface area contributed by atoms with Crippen LogP contribution in [-0.4, -0.2) is 66.4 Å². The topological polar surface area (TPSA) is 66.1 Å². The van der Waals surface area contributed by atoms with Crippen LogP contribution in [0.5, 0.6) is 5.75 Å². The third-order valence-electron chi connectivity index (χ3n) is 4.60. The summed E-state index contributed by atoms with van der Waals surface area (Å²) in [7, 11) is 0. The van der Waals surface area contributed by atoms with Crippen LogP contribution in [0, 0.1) is 0 Å². The van der Waals surface area contributed by atoms with Gasteiger partial charge in [0.15, 0.2) is 12.6 Å². The highest BCUT2D eigenvalue weighted by Gasteiger charge is 2.28. The SMILES string of the molecule is CCNC(=NCc1cccc(OCC(F)(F)F)c1)N1CCN(Cc2ccon2)CC1.I. The Morgan fingerprint density at radius 3 is 2.65 bits per heavy atom. The van der Waals surface area contributed by atoms with Crippen molar-refractivity contribution in [3.05, 3.63) is 47.9 Å². The number of alkyl halides is 3. The van der Waals surface area contributed by atoms with Crippen LogP contribution in [0.25, 0.3) is 0 Å². The van der Waals surface area contributed by atoms with E-state index in [1.807, 2.05) is 19.1 Å². The van der Waals surface area contributed by atoms with Gasteiger partial charge in [-0.15, -0.1) is 24.0 Å². The molecule has 0 amide bonds. The van der Waals surface area contributed by atoms with Crippen LogP contribution in [0.3, 0.4) is 0 Å². The summed E-state index contributed by atoms with van der Waals surface area (Å²) in [6.07, 6.45) is -2.78. The van der Waals surface area contributed by atoms with Crippen molar-refractivity contribution in [3.8, 4) is 5.75 Å². The summed E-state index contributed by atoms with van der Waals surface area (Å²) in [5.41, 5.74) is 1.70. The first-order valence-electron chi connectivity index (χ1n) is 9.86. The molecule has 0 radical (unpaired) electrons. The summed E-state index contributed by atoms with van der Waals surface area (Å²) >= 11 is 0. The Bertz CT molecular complexity index is 809. The molecule has 1 N–H and O–H groups in total. The van der Waals surface area contributed by atoms with Crippen molar-refractivity contribution < 1.29 is 22.4 Å². The predicted molar refractivity (Wildman–Crippen MR) is 122 cm³/mol. The van der Waals surface area contributed by atoms with Crippen LogP contribution in [0.1, 0.15) is 18.2 Å². The smallest absolute Gasteiger partial charge is 0.422 e. The molecule has 0 saturated carbocycles. The summed E-state index contributed by atoms with van der Waals surface area (Å²) in [4.78, 5) is 9.16. The highest BCUT2D eigenvalue weighted by atomic mass is 127. The highest BCUT2D eigenvalue weighted by molar-refractivity contribution is 14.0. The van der Waals surface area contributed by atoms with Gasteiger partial charge in [0.25, 0.3) is 0 Å². The molecule has 0 atom stereocenters. The Morgan fingerprint density at radius 1 is 1.23 bits per heavy atom. The van der Waals surface area contributed by atoms with Crippen LogP contribution < -0.4 is 10.1 Å². The number of aromatic nitrogens is 1. The first-order chi connectivity index (χ1) is 14.4. The van der Waals surface area contributed by atoms with Gasteiger partial charge in [-0.25, -0.2) is 4.99 Å². The second-order valence-corrected chi connectivity index (χ2v) is 6.98. The zero-order valence-electron chi connectivity index (χ0n) is 17.3. The van der Waals surface area contributed by atoms with E-state index in [4.69, 9.17) is 9.26 Å². The van der Waals surface area contributed by atoms with Crippen molar-refractivity contribution in [1.82, 2.24) is 20.3 Å². The van der Waals surface area contributed by atoms with Crippen LogP contribution >= 0.6 is 24.0 Å². The number of hydrogen-bond donors (Lipinski definition) is 1. The maximum absolute atomic E-state index is 12.3. The van der Waals surface area contributed by atoms with Gasteiger partial charge in [0, 0.05) is 45.3 Å². The van der Waals surface area contributed by atoms with Gasteiger partial charge >= 0.3 is 6.18 Å². The molecular formula is C20H27F3IN5O2. The standard InChI is InChI=1S/C20H26F3N5O2.HI/c1-2-24-19(28-9-7-27(8-10-28)14-17-6-11-30-26-17)25-13-16-4-3-5-18(12-16)29-15-20(21,22)23;/h3-6,11-12H,2,7-10,13-15H2,1H3,(H,24,25);1H. The largest absolute Gasteiger partial charge is 0.484 e. The first-order valence-corrected chi connectivity index (χ1v) is 9.86. The molecule has 7 nitrogen and oxygen atoms in total. The molecule has 11 heteroatoms. The quantitative estimate of drug-likeness (QED) is 0.322. The lowest BCUT2D eigenvalue weighted by Gasteiger charge is -2.36. The summed E-state index contributed by atoms with van der Waals surface area (Å²) in [5.74, 6) is 0.978. The van der Waals surface area contributed by atoms with E-state index in [1.165, 1.54) is 6.07 Å². The molecule has 0 bridgehead atoms. The summed E-state index contributed by atoms with van der Waals surface area (Å²) in [5, 5.41) is 7.24. The number of aliphatic imine (C=N–C) groups is 1. The van der Waals surface area contributed by atoms with Crippen molar-refractivity contribution >= 4 is 29.9 Å². The van der Waals surface area contributed by atoms with Gasteiger partial charge in [0.1, 0.15) is 12.0 Å². The third kappa shape index (κ3) is 8.56. The number of nitrogens with one attached hydrogen (secondary N) is 1. The molecule has 1 aliphatic rings. The number of piperazine rings is 1. The molecule has 0 spiro atoms. The molecule has 0 unspecified atom stereocenters. The molecule has 1 fully saturated rings. The van der Waals surface area contributed by atoms with E-state index in [9.17, 15) is 13.2 Å². The Balaban J connectivity index is 0.00000341. The fourth-order valence-electron chi connectivity index (χ4n) is 3.16. The Kier molecular flexibility index (Phi) is 9.88. The van der Waals surface area contributed by atoms with Crippen molar-refractivity contribution in [3.63, 3.8) is 0 Å². The van der Waals surface area contributed by atoms with Gasteiger partial charge in [-0.05, 0) is 24.6 Å². The van der Waals surface area contributed by atoms with E-state index in [-0.39, 0.29) is 29.7 Å². The summed E-state index contributed by atoms with van der Waals surface area (Å²) < 4.78 is 46.7. The maximum Gasteiger partial charge on any atom is 0.422 e. The Morgan fingerprint density at radius 2 is 2.00 bits per heavy atom. The van der Waals surface area contributed by atoms with Crippen molar-refractivity contribution in [2.45, 2.75) is 26.2 Å². The van der Waals surface area contributed by atoms with Gasteiger partial charge < -0.3 is 19.5 Å². The molecule has 2 heterocycles. The minimum atomic E-state index is -4.36. The molecule has 31 heavy (non-hydrogen) atoms. The highest BCUT2D eigenvalue weighted by Crippen LogP contribution is 2.20. The predicted octanol–water partition coefficient (Wildman–Crippen LogP) is 3.52. The third-order valence-corrected chi connectivity index (χ3v) is 4.60. The molecular weight excluding hydrogens is 526 g/mol. The van der Waals surface area contributed by atoms with Crippen molar-refractivity contribution in [2.75, 3.05) is 39.3 Å². The summed E-state index contributed by atoms with van der Waals surface area (Å²) in [6.45, 7) is 5.91. The average molecular weight is 553 g/mol. The number of ether oxygens (including phenoxy) is 1. The number of guanidine groups is 1. The van der Waals surface area contributed by atoms with E-state index in [0.29, 0.717) is 6.54 Å². The van der Waals surface area contributed by atoms with Gasteiger partial charge in [-0.1, -0.05) is 17.3 Å². The Labute approximate surface area is 196 Å². The van der Waals surface area contributed by atoms with Crippen molar-refractivity contribution in [2.24, 2.45) is 4.99 Å². The molecule has 1 saturated heterocycles.